The van der Waals surface area contributed by atoms with E-state index in [0.717, 1.165) is 57.8 Å². The Kier molecular flexibility index (Phi) is 55.7. The molecule has 68 heavy (non-hydrogen) atoms. The first-order valence-electron chi connectivity index (χ1n) is 30.3. The Hall–Kier alpha value is -2.11. The van der Waals surface area contributed by atoms with Gasteiger partial charge in [-0.2, -0.15) is 0 Å². The van der Waals surface area contributed by atoms with E-state index < -0.39 is 6.10 Å². The van der Waals surface area contributed by atoms with Crippen LogP contribution in [0.25, 0.3) is 0 Å². The molecule has 1 unspecified atom stereocenters. The normalized spacial score (nSPS) is 12.1. The Labute approximate surface area is 423 Å². The lowest BCUT2D eigenvalue weighted by Crippen LogP contribution is -2.30. The molecule has 0 aliphatic rings. The molecule has 1 atom stereocenters. The summed E-state index contributed by atoms with van der Waals surface area (Å²) in [6, 6.07) is 0. The van der Waals surface area contributed by atoms with Gasteiger partial charge in [0, 0.05) is 19.3 Å². The fourth-order valence-electron chi connectivity index (χ4n) is 9.08. The van der Waals surface area contributed by atoms with Crippen LogP contribution in [0.5, 0.6) is 0 Å². The Bertz CT molecular complexity index is 1100. The van der Waals surface area contributed by atoms with Crippen LogP contribution in [-0.4, -0.2) is 37.2 Å². The van der Waals surface area contributed by atoms with E-state index in [1.54, 1.807) is 0 Å². The van der Waals surface area contributed by atoms with Crippen LogP contribution in [0.3, 0.4) is 0 Å². The van der Waals surface area contributed by atoms with Gasteiger partial charge in [0.15, 0.2) is 6.10 Å². The smallest absolute Gasteiger partial charge is 0.306 e. The van der Waals surface area contributed by atoms with E-state index in [0.29, 0.717) is 19.3 Å². The van der Waals surface area contributed by atoms with Gasteiger partial charge in [0.1, 0.15) is 13.2 Å². The summed E-state index contributed by atoms with van der Waals surface area (Å²) in [7, 11) is 0. The average molecular weight is 958 g/mol. The zero-order valence-electron chi connectivity index (χ0n) is 45.9. The van der Waals surface area contributed by atoms with Crippen molar-refractivity contribution in [2.45, 2.75) is 341 Å². The summed E-state index contributed by atoms with van der Waals surface area (Å²) in [4.78, 5) is 38.2. The minimum atomic E-state index is -0.772. The number of carbonyl (C=O) groups excluding carboxylic acids is 3. The number of allylic oxidation sites excluding steroid dienone is 4. The highest BCUT2D eigenvalue weighted by Crippen LogP contribution is 2.17. The molecule has 0 fully saturated rings. The van der Waals surface area contributed by atoms with Gasteiger partial charge in [-0.05, 0) is 70.6 Å². The highest BCUT2D eigenvalue weighted by atomic mass is 16.6. The van der Waals surface area contributed by atoms with E-state index in [1.807, 2.05) is 0 Å². The lowest BCUT2D eigenvalue weighted by molar-refractivity contribution is -0.167. The van der Waals surface area contributed by atoms with Gasteiger partial charge in [0.05, 0.1) is 0 Å². The summed E-state index contributed by atoms with van der Waals surface area (Å²) < 4.78 is 16.9. The van der Waals surface area contributed by atoms with E-state index in [1.165, 1.54) is 238 Å². The van der Waals surface area contributed by atoms with Crippen molar-refractivity contribution in [3.63, 3.8) is 0 Å². The van der Waals surface area contributed by atoms with Crippen molar-refractivity contribution in [3.05, 3.63) is 24.3 Å². The van der Waals surface area contributed by atoms with Gasteiger partial charge >= 0.3 is 17.9 Å². The lowest BCUT2D eigenvalue weighted by Gasteiger charge is -2.18. The van der Waals surface area contributed by atoms with Gasteiger partial charge in [-0.25, -0.2) is 0 Å². The Balaban J connectivity index is 4.33. The summed E-state index contributed by atoms with van der Waals surface area (Å²) >= 11 is 0. The zero-order chi connectivity index (χ0) is 49.3. The molecule has 0 rings (SSSR count). The largest absolute Gasteiger partial charge is 0.462 e. The van der Waals surface area contributed by atoms with E-state index in [4.69, 9.17) is 14.2 Å². The Morgan fingerprint density at radius 3 is 0.735 bits per heavy atom. The van der Waals surface area contributed by atoms with Gasteiger partial charge in [-0.1, -0.05) is 270 Å². The molecule has 0 amide bonds. The number of rotatable bonds is 56. The minimum Gasteiger partial charge on any atom is -0.462 e. The summed E-state index contributed by atoms with van der Waals surface area (Å²) in [5, 5.41) is 0. The maximum Gasteiger partial charge on any atom is 0.306 e. The quantitative estimate of drug-likeness (QED) is 0.0262. The molecule has 0 saturated carbocycles. The lowest BCUT2D eigenvalue weighted by atomic mass is 10.0. The third-order valence-corrected chi connectivity index (χ3v) is 13.7. The van der Waals surface area contributed by atoms with Gasteiger partial charge in [0.25, 0.3) is 0 Å². The molecule has 0 N–H and O–H groups in total. The molecular weight excluding hydrogens is 841 g/mol. The van der Waals surface area contributed by atoms with Gasteiger partial charge in [-0.15, -0.1) is 0 Å². The predicted octanol–water partition coefficient (Wildman–Crippen LogP) is 20.3. The zero-order valence-corrected chi connectivity index (χ0v) is 45.9. The number of unbranched alkanes of at least 4 members (excludes halogenated alkanes) is 41. The van der Waals surface area contributed by atoms with Crippen LogP contribution in [0.2, 0.25) is 0 Å². The molecule has 0 aromatic heterocycles. The standard InChI is InChI=1S/C62H116O6/c1-4-7-10-13-16-19-22-25-28-30-31-33-34-37-40-43-46-49-52-55-61(64)67-58-59(57-66-60(63)54-51-48-45-42-39-36-27-24-21-18-15-12-9-6-3)68-62(65)56-53-50-47-44-41-38-35-32-29-26-23-20-17-14-11-8-5-2/h26,29-31,59H,4-25,27-28,32-58H2,1-3H3/b29-26-,31-30-. The third-order valence-electron chi connectivity index (χ3n) is 13.7. The maximum absolute atomic E-state index is 12.9. The summed E-state index contributed by atoms with van der Waals surface area (Å²) in [6.45, 7) is 6.68. The number of carbonyl (C=O) groups is 3. The van der Waals surface area contributed by atoms with Gasteiger partial charge in [0.2, 0.25) is 0 Å². The van der Waals surface area contributed by atoms with Crippen LogP contribution >= 0.6 is 0 Å². The second-order valence-corrected chi connectivity index (χ2v) is 20.6. The van der Waals surface area contributed by atoms with Gasteiger partial charge in [-0.3, -0.25) is 14.4 Å². The third kappa shape index (κ3) is 54.8. The van der Waals surface area contributed by atoms with Crippen molar-refractivity contribution >= 4 is 17.9 Å². The monoisotopic (exact) mass is 957 g/mol. The molecular formula is C62H116O6. The van der Waals surface area contributed by atoms with Crippen molar-refractivity contribution in [2.24, 2.45) is 0 Å². The number of hydrogen-bond donors (Lipinski definition) is 0. The molecule has 0 bridgehead atoms. The van der Waals surface area contributed by atoms with Crippen LogP contribution in [0.4, 0.5) is 0 Å². The van der Waals surface area contributed by atoms with Crippen LogP contribution in [0.15, 0.2) is 24.3 Å². The summed E-state index contributed by atoms with van der Waals surface area (Å²) in [5.41, 5.74) is 0. The minimum absolute atomic E-state index is 0.0697. The van der Waals surface area contributed by atoms with E-state index in [2.05, 4.69) is 45.1 Å². The SMILES string of the molecule is CCCCCCCC/C=C\CCCCCCCCCC(=O)OC(COC(=O)CCCCCCCCC/C=C\CCCCCCCCCC)COC(=O)CCCCCCCCCCCCCCCC. The topological polar surface area (TPSA) is 78.9 Å². The molecule has 400 valence electrons. The fourth-order valence-corrected chi connectivity index (χ4v) is 9.08. The predicted molar refractivity (Wildman–Crippen MR) is 293 cm³/mol. The fraction of sp³-hybridized carbons (Fsp3) is 0.887. The first-order chi connectivity index (χ1) is 33.5. The molecule has 0 aliphatic heterocycles. The van der Waals surface area contributed by atoms with Crippen LogP contribution in [0, 0.1) is 0 Å². The molecule has 6 heteroatoms. The highest BCUT2D eigenvalue weighted by molar-refractivity contribution is 5.71. The van der Waals surface area contributed by atoms with Crippen molar-refractivity contribution in [1.29, 1.82) is 0 Å². The molecule has 6 nitrogen and oxygen atoms in total. The van der Waals surface area contributed by atoms with Gasteiger partial charge < -0.3 is 14.2 Å². The number of hydrogen-bond acceptors (Lipinski definition) is 6. The first kappa shape index (κ1) is 65.9. The van der Waals surface area contributed by atoms with Crippen molar-refractivity contribution < 1.29 is 28.6 Å². The van der Waals surface area contributed by atoms with E-state index >= 15 is 0 Å². The van der Waals surface area contributed by atoms with E-state index in [-0.39, 0.29) is 31.1 Å². The maximum atomic E-state index is 12.9. The number of ether oxygens (including phenoxy) is 3. The molecule has 0 aromatic rings. The van der Waals surface area contributed by atoms with E-state index in [9.17, 15) is 14.4 Å². The Morgan fingerprint density at radius 2 is 0.485 bits per heavy atom. The summed E-state index contributed by atoms with van der Waals surface area (Å²) in [5.74, 6) is -0.856. The molecule has 0 aliphatic carbocycles. The highest BCUT2D eigenvalue weighted by Gasteiger charge is 2.19. The van der Waals surface area contributed by atoms with Crippen molar-refractivity contribution in [1.82, 2.24) is 0 Å². The average Bonchev–Trinajstić information content (AvgIpc) is 3.34. The van der Waals surface area contributed by atoms with Crippen molar-refractivity contribution in [2.75, 3.05) is 13.2 Å². The van der Waals surface area contributed by atoms with Crippen LogP contribution in [0.1, 0.15) is 335 Å². The van der Waals surface area contributed by atoms with Crippen LogP contribution < -0.4 is 0 Å². The second-order valence-electron chi connectivity index (χ2n) is 20.6. The molecule has 0 spiro atoms. The molecule has 0 aromatic carbocycles. The Morgan fingerprint density at radius 1 is 0.279 bits per heavy atom. The number of esters is 3. The van der Waals surface area contributed by atoms with Crippen molar-refractivity contribution in [3.8, 4) is 0 Å². The van der Waals surface area contributed by atoms with Crippen LogP contribution in [-0.2, 0) is 28.6 Å². The summed E-state index contributed by atoms with van der Waals surface area (Å²) in [6.07, 6.45) is 67.4. The molecule has 0 radical (unpaired) electrons. The first-order valence-corrected chi connectivity index (χ1v) is 30.3. The second kappa shape index (κ2) is 57.5. The molecule has 0 saturated heterocycles. The molecule has 0 heterocycles.